The average Bonchev–Trinajstić information content (AvgIpc) is 2.63. The Morgan fingerprint density at radius 1 is 1.04 bits per heavy atom. The van der Waals surface area contributed by atoms with Gasteiger partial charge in [-0.05, 0) is 73.7 Å². The number of hydrogen-bond donors (Lipinski definition) is 1. The van der Waals surface area contributed by atoms with Crippen molar-refractivity contribution in [2.24, 2.45) is 0 Å². The molecule has 2 aromatic rings. The molecule has 0 aromatic heterocycles. The lowest BCUT2D eigenvalue weighted by atomic mass is 9.92. The maximum atomic E-state index is 12.5. The third-order valence-electron chi connectivity index (χ3n) is 4.60. The highest BCUT2D eigenvalue weighted by Gasteiger charge is 2.16. The van der Waals surface area contributed by atoms with Gasteiger partial charge in [0.15, 0.2) is 18.1 Å². The number of methoxy groups -OCH3 is 1. The lowest BCUT2D eigenvalue weighted by Gasteiger charge is -2.14. The zero-order valence-electron chi connectivity index (χ0n) is 16.3. The standard InChI is InChI=1S/C22H24O5/c1-13-10-14(2)22(16(4)15(13)3)19(24)12-27-21(25)9-7-17-6-8-18(23)20(11-17)26-5/h6-11,23H,12H2,1-5H3/b9-7+. The second kappa shape index (κ2) is 8.54. The number of carbonyl (C=O) groups is 2. The van der Waals surface area contributed by atoms with Crippen molar-refractivity contribution in [1.82, 2.24) is 0 Å². The first kappa shape index (κ1) is 20.2. The van der Waals surface area contributed by atoms with Gasteiger partial charge in [0.2, 0.25) is 5.78 Å². The summed E-state index contributed by atoms with van der Waals surface area (Å²) in [5.74, 6) is -0.515. The fourth-order valence-electron chi connectivity index (χ4n) is 2.93. The largest absolute Gasteiger partial charge is 0.504 e. The van der Waals surface area contributed by atoms with Crippen LogP contribution in [0, 0.1) is 27.7 Å². The molecule has 0 bridgehead atoms. The molecule has 0 saturated heterocycles. The molecule has 0 aliphatic rings. The van der Waals surface area contributed by atoms with E-state index < -0.39 is 5.97 Å². The van der Waals surface area contributed by atoms with Gasteiger partial charge >= 0.3 is 5.97 Å². The molecule has 0 saturated carbocycles. The molecular weight excluding hydrogens is 344 g/mol. The van der Waals surface area contributed by atoms with Gasteiger partial charge in [-0.15, -0.1) is 0 Å². The molecule has 0 amide bonds. The maximum Gasteiger partial charge on any atom is 0.331 e. The third kappa shape index (κ3) is 4.76. The molecule has 1 N–H and O–H groups in total. The predicted molar refractivity (Wildman–Crippen MR) is 104 cm³/mol. The Kier molecular flexibility index (Phi) is 6.40. The van der Waals surface area contributed by atoms with Crippen LogP contribution in [0.3, 0.4) is 0 Å². The minimum absolute atomic E-state index is 0.0157. The molecule has 0 aliphatic carbocycles. The van der Waals surface area contributed by atoms with Gasteiger partial charge in [0, 0.05) is 11.6 Å². The topological polar surface area (TPSA) is 72.8 Å². The molecule has 142 valence electrons. The molecule has 0 atom stereocenters. The first-order chi connectivity index (χ1) is 12.7. The van der Waals surface area contributed by atoms with Crippen molar-refractivity contribution in [2.75, 3.05) is 13.7 Å². The second-order valence-corrected chi connectivity index (χ2v) is 6.43. The fourth-order valence-corrected chi connectivity index (χ4v) is 2.93. The van der Waals surface area contributed by atoms with Gasteiger partial charge in [-0.2, -0.15) is 0 Å². The van der Waals surface area contributed by atoms with E-state index in [1.807, 2.05) is 33.8 Å². The van der Waals surface area contributed by atoms with E-state index in [0.29, 0.717) is 16.9 Å². The van der Waals surface area contributed by atoms with E-state index >= 15 is 0 Å². The number of benzene rings is 2. The zero-order chi connectivity index (χ0) is 20.1. The van der Waals surface area contributed by atoms with Gasteiger partial charge in [0.05, 0.1) is 7.11 Å². The summed E-state index contributed by atoms with van der Waals surface area (Å²) in [6.07, 6.45) is 2.76. The number of phenolic OH excluding ortho intramolecular Hbond substituents is 1. The average molecular weight is 368 g/mol. The van der Waals surface area contributed by atoms with Gasteiger partial charge in [-0.1, -0.05) is 12.1 Å². The van der Waals surface area contributed by atoms with Crippen LogP contribution in [0.15, 0.2) is 30.3 Å². The lowest BCUT2D eigenvalue weighted by Crippen LogP contribution is -2.16. The number of aryl methyl sites for hydroxylation is 2. The molecule has 27 heavy (non-hydrogen) atoms. The van der Waals surface area contributed by atoms with Crippen LogP contribution in [-0.2, 0) is 9.53 Å². The number of Topliss-reactive ketones (excluding diaryl/α,β-unsaturated/α-hetero) is 1. The van der Waals surface area contributed by atoms with Crippen molar-refractivity contribution >= 4 is 17.8 Å². The molecule has 2 rings (SSSR count). The Labute approximate surface area is 159 Å². The number of ether oxygens (including phenoxy) is 2. The predicted octanol–water partition coefficient (Wildman–Crippen LogP) is 4.07. The molecule has 0 heterocycles. The fraction of sp³-hybridized carbons (Fsp3) is 0.273. The van der Waals surface area contributed by atoms with Crippen LogP contribution >= 0.6 is 0 Å². The Morgan fingerprint density at radius 3 is 2.41 bits per heavy atom. The van der Waals surface area contributed by atoms with Gasteiger partial charge < -0.3 is 14.6 Å². The number of esters is 1. The number of phenols is 1. The van der Waals surface area contributed by atoms with Crippen LogP contribution in [0.4, 0.5) is 0 Å². The van der Waals surface area contributed by atoms with Gasteiger partial charge in [-0.3, -0.25) is 4.79 Å². The zero-order valence-corrected chi connectivity index (χ0v) is 16.3. The highest BCUT2D eigenvalue weighted by Crippen LogP contribution is 2.26. The second-order valence-electron chi connectivity index (χ2n) is 6.43. The van der Waals surface area contributed by atoms with E-state index in [4.69, 9.17) is 9.47 Å². The van der Waals surface area contributed by atoms with Crippen LogP contribution in [0.2, 0.25) is 0 Å². The van der Waals surface area contributed by atoms with E-state index in [-0.39, 0.29) is 18.1 Å². The molecule has 0 radical (unpaired) electrons. The van der Waals surface area contributed by atoms with Crippen molar-refractivity contribution in [3.8, 4) is 11.5 Å². The number of ketones is 1. The summed E-state index contributed by atoms with van der Waals surface area (Å²) in [5.41, 5.74) is 5.26. The molecule has 0 fully saturated rings. The number of aromatic hydroxyl groups is 1. The van der Waals surface area contributed by atoms with Crippen molar-refractivity contribution in [3.05, 3.63) is 63.7 Å². The molecule has 5 nitrogen and oxygen atoms in total. The Balaban J connectivity index is 2.04. The van der Waals surface area contributed by atoms with E-state index in [0.717, 1.165) is 22.3 Å². The SMILES string of the molecule is COc1cc(/C=C/C(=O)OCC(=O)c2c(C)cc(C)c(C)c2C)ccc1O. The summed E-state index contributed by atoms with van der Waals surface area (Å²) in [6, 6.07) is 6.66. The first-order valence-electron chi connectivity index (χ1n) is 8.57. The molecule has 0 aliphatic heterocycles. The monoisotopic (exact) mass is 368 g/mol. The van der Waals surface area contributed by atoms with E-state index in [1.54, 1.807) is 12.1 Å². The molecule has 5 heteroatoms. The van der Waals surface area contributed by atoms with Crippen LogP contribution in [0.25, 0.3) is 6.08 Å². The lowest BCUT2D eigenvalue weighted by molar-refractivity contribution is -0.136. The number of carbonyl (C=O) groups excluding carboxylic acids is 2. The van der Waals surface area contributed by atoms with Crippen LogP contribution < -0.4 is 4.74 Å². The van der Waals surface area contributed by atoms with Crippen molar-refractivity contribution in [1.29, 1.82) is 0 Å². The quantitative estimate of drug-likeness (QED) is 0.473. The van der Waals surface area contributed by atoms with Crippen LogP contribution in [-0.4, -0.2) is 30.6 Å². The summed E-state index contributed by atoms with van der Waals surface area (Å²) in [4.78, 5) is 24.4. The van der Waals surface area contributed by atoms with Gasteiger partial charge in [-0.25, -0.2) is 4.79 Å². The Bertz CT molecular complexity index is 909. The smallest absolute Gasteiger partial charge is 0.331 e. The first-order valence-corrected chi connectivity index (χ1v) is 8.57. The highest BCUT2D eigenvalue weighted by molar-refractivity contribution is 6.01. The van der Waals surface area contributed by atoms with Crippen molar-refractivity contribution in [2.45, 2.75) is 27.7 Å². The number of rotatable bonds is 6. The molecule has 0 spiro atoms. The van der Waals surface area contributed by atoms with Gasteiger partial charge in [0.25, 0.3) is 0 Å². The summed E-state index contributed by atoms with van der Waals surface area (Å²) >= 11 is 0. The molecular formula is C22H24O5. The van der Waals surface area contributed by atoms with E-state index in [9.17, 15) is 14.7 Å². The van der Waals surface area contributed by atoms with Crippen LogP contribution in [0.5, 0.6) is 11.5 Å². The van der Waals surface area contributed by atoms with Crippen molar-refractivity contribution < 1.29 is 24.2 Å². The summed E-state index contributed by atoms with van der Waals surface area (Å²) < 4.78 is 10.1. The third-order valence-corrected chi connectivity index (χ3v) is 4.60. The molecule has 2 aromatic carbocycles. The maximum absolute atomic E-state index is 12.5. The van der Waals surface area contributed by atoms with Crippen molar-refractivity contribution in [3.63, 3.8) is 0 Å². The highest BCUT2D eigenvalue weighted by atomic mass is 16.5. The summed E-state index contributed by atoms with van der Waals surface area (Å²) in [7, 11) is 1.44. The minimum Gasteiger partial charge on any atom is -0.504 e. The normalized spacial score (nSPS) is 10.9. The molecule has 0 unspecified atom stereocenters. The van der Waals surface area contributed by atoms with E-state index in [2.05, 4.69) is 0 Å². The number of hydrogen-bond acceptors (Lipinski definition) is 5. The van der Waals surface area contributed by atoms with Crippen LogP contribution in [0.1, 0.15) is 38.2 Å². The summed E-state index contributed by atoms with van der Waals surface area (Å²) in [6.45, 7) is 7.45. The minimum atomic E-state index is -0.616. The Hall–Kier alpha value is -3.08. The Morgan fingerprint density at radius 2 is 1.74 bits per heavy atom. The van der Waals surface area contributed by atoms with Gasteiger partial charge in [0.1, 0.15) is 0 Å². The summed E-state index contributed by atoms with van der Waals surface area (Å²) in [5, 5.41) is 9.57. The van der Waals surface area contributed by atoms with E-state index in [1.165, 1.54) is 25.3 Å².